The summed E-state index contributed by atoms with van der Waals surface area (Å²) < 4.78 is 23.8. The van der Waals surface area contributed by atoms with Gasteiger partial charge in [-0.05, 0) is 31.2 Å². The van der Waals surface area contributed by atoms with Crippen LogP contribution in [0.2, 0.25) is 0 Å². The van der Waals surface area contributed by atoms with Crippen LogP contribution in [0.5, 0.6) is 5.75 Å². The third kappa shape index (κ3) is 3.45. The molecule has 0 unspecified atom stereocenters. The van der Waals surface area contributed by atoms with Gasteiger partial charge in [0.15, 0.2) is 0 Å². The van der Waals surface area contributed by atoms with E-state index in [1.807, 2.05) is 31.2 Å². The topological polar surface area (TPSA) is 95.9 Å². The zero-order chi connectivity index (χ0) is 16.2. The van der Waals surface area contributed by atoms with Crippen molar-refractivity contribution < 1.29 is 13.5 Å². The van der Waals surface area contributed by atoms with E-state index in [0.29, 0.717) is 23.5 Å². The van der Waals surface area contributed by atoms with E-state index in [1.165, 1.54) is 6.33 Å². The molecular formula is C14H15N5O3S. The monoisotopic (exact) mass is 333 g/mol. The van der Waals surface area contributed by atoms with Gasteiger partial charge in [-0.25, -0.2) is 0 Å². The van der Waals surface area contributed by atoms with Crippen LogP contribution in [0.25, 0.3) is 11.4 Å². The van der Waals surface area contributed by atoms with Gasteiger partial charge in [0.05, 0.1) is 17.4 Å². The summed E-state index contributed by atoms with van der Waals surface area (Å²) in [5.74, 6) is 1.66. The maximum atomic E-state index is 11.5. The van der Waals surface area contributed by atoms with Gasteiger partial charge in [-0.15, -0.1) is 10.2 Å². The van der Waals surface area contributed by atoms with Crippen LogP contribution in [-0.4, -0.2) is 42.0 Å². The molecule has 3 aromatic rings. The second-order valence-corrected chi connectivity index (χ2v) is 5.94. The molecule has 0 aliphatic heterocycles. The molecule has 0 spiro atoms. The first kappa shape index (κ1) is 15.3. The van der Waals surface area contributed by atoms with Crippen LogP contribution in [0.4, 0.5) is 0 Å². The summed E-state index contributed by atoms with van der Waals surface area (Å²) in [4.78, 5) is 4.34. The van der Waals surface area contributed by atoms with Crippen molar-refractivity contribution in [1.29, 1.82) is 0 Å². The third-order valence-corrected chi connectivity index (χ3v) is 3.86. The Hall–Kier alpha value is -2.55. The van der Waals surface area contributed by atoms with Crippen LogP contribution in [0.3, 0.4) is 0 Å². The maximum Gasteiger partial charge on any atom is 0.247 e. The first-order valence-corrected chi connectivity index (χ1v) is 8.50. The van der Waals surface area contributed by atoms with E-state index in [1.54, 1.807) is 10.8 Å². The van der Waals surface area contributed by atoms with Crippen molar-refractivity contribution in [2.24, 2.45) is 0 Å². The van der Waals surface area contributed by atoms with E-state index in [9.17, 15) is 4.21 Å². The average Bonchev–Trinajstić information content (AvgIpc) is 3.18. The van der Waals surface area contributed by atoms with Crippen LogP contribution >= 0.6 is 0 Å². The van der Waals surface area contributed by atoms with Crippen molar-refractivity contribution in [3.63, 3.8) is 0 Å². The largest absolute Gasteiger partial charge is 0.494 e. The molecule has 0 saturated carbocycles. The number of nitrogens with zero attached hydrogens (tertiary/aromatic N) is 5. The number of hydrogen-bond donors (Lipinski definition) is 0. The highest BCUT2D eigenvalue weighted by Crippen LogP contribution is 2.20. The molecule has 0 radical (unpaired) electrons. The number of hydrogen-bond acceptors (Lipinski definition) is 7. The highest BCUT2D eigenvalue weighted by Gasteiger charge is 2.13. The highest BCUT2D eigenvalue weighted by atomic mass is 32.2. The predicted octanol–water partition coefficient (Wildman–Crippen LogP) is 1.51. The Balaban J connectivity index is 1.77. The van der Waals surface area contributed by atoms with Gasteiger partial charge in [0.1, 0.15) is 18.6 Å². The average molecular weight is 333 g/mol. The number of ether oxygens (including phenoxy) is 1. The molecular weight excluding hydrogens is 318 g/mol. The fraction of sp³-hybridized carbons (Fsp3) is 0.286. The van der Waals surface area contributed by atoms with Crippen molar-refractivity contribution in [2.45, 2.75) is 18.6 Å². The molecule has 1 atom stereocenters. The Labute approximate surface area is 135 Å². The van der Waals surface area contributed by atoms with E-state index in [0.717, 1.165) is 11.3 Å². The van der Waals surface area contributed by atoms with Crippen molar-refractivity contribution >= 4 is 10.8 Å². The Morgan fingerprint density at radius 3 is 2.78 bits per heavy atom. The minimum Gasteiger partial charge on any atom is -0.494 e. The normalized spacial score (nSPS) is 12.3. The van der Waals surface area contributed by atoms with E-state index < -0.39 is 10.8 Å². The molecule has 3 rings (SSSR count). The van der Waals surface area contributed by atoms with Gasteiger partial charge in [0, 0.05) is 11.8 Å². The summed E-state index contributed by atoms with van der Waals surface area (Å²) in [6, 6.07) is 7.44. The van der Waals surface area contributed by atoms with Crippen molar-refractivity contribution in [1.82, 2.24) is 24.9 Å². The zero-order valence-corrected chi connectivity index (χ0v) is 13.5. The summed E-state index contributed by atoms with van der Waals surface area (Å²) >= 11 is 0. The quantitative estimate of drug-likeness (QED) is 0.674. The maximum absolute atomic E-state index is 11.5. The van der Waals surface area contributed by atoms with Crippen LogP contribution in [0, 0.1) is 0 Å². The SMILES string of the molecule is CCOc1ccc(-c2noc(Cn3cnnc3[S@@](C)=O)n2)cc1. The van der Waals surface area contributed by atoms with Crippen LogP contribution in [0.15, 0.2) is 40.3 Å². The molecule has 23 heavy (non-hydrogen) atoms. The standard InChI is InChI=1S/C14H15N5O3S/c1-3-21-11-6-4-10(5-7-11)13-16-12(22-18-13)8-19-9-15-17-14(19)23(2)20/h4-7,9H,3,8H2,1-2H3/t23-/m1/s1. The second kappa shape index (κ2) is 6.69. The lowest BCUT2D eigenvalue weighted by atomic mass is 10.2. The number of benzene rings is 1. The lowest BCUT2D eigenvalue weighted by Gasteiger charge is -2.02. The summed E-state index contributed by atoms with van der Waals surface area (Å²) in [5.41, 5.74) is 0.825. The fourth-order valence-electron chi connectivity index (χ4n) is 2.02. The van der Waals surface area contributed by atoms with E-state index in [4.69, 9.17) is 9.26 Å². The Morgan fingerprint density at radius 1 is 1.30 bits per heavy atom. The molecule has 0 fully saturated rings. The van der Waals surface area contributed by atoms with Crippen molar-refractivity contribution in [2.75, 3.05) is 12.9 Å². The summed E-state index contributed by atoms with van der Waals surface area (Å²) in [6.07, 6.45) is 3.02. The molecule has 0 aliphatic carbocycles. The lowest BCUT2D eigenvalue weighted by Crippen LogP contribution is -2.05. The van der Waals surface area contributed by atoms with Crippen molar-refractivity contribution in [3.05, 3.63) is 36.5 Å². The lowest BCUT2D eigenvalue weighted by molar-refractivity contribution is 0.340. The van der Waals surface area contributed by atoms with Gasteiger partial charge in [-0.1, -0.05) is 5.16 Å². The molecule has 0 N–H and O–H groups in total. The molecule has 0 aliphatic rings. The summed E-state index contributed by atoms with van der Waals surface area (Å²) in [7, 11) is -1.23. The Bertz CT molecular complexity index is 812. The molecule has 1 aromatic carbocycles. The van der Waals surface area contributed by atoms with Crippen LogP contribution in [-0.2, 0) is 17.3 Å². The smallest absolute Gasteiger partial charge is 0.247 e. The van der Waals surface area contributed by atoms with Crippen molar-refractivity contribution in [3.8, 4) is 17.1 Å². The Morgan fingerprint density at radius 2 is 2.09 bits per heavy atom. The highest BCUT2D eigenvalue weighted by molar-refractivity contribution is 7.84. The van der Waals surface area contributed by atoms with Crippen LogP contribution < -0.4 is 4.74 Å². The van der Waals surface area contributed by atoms with Gasteiger partial charge in [-0.2, -0.15) is 4.98 Å². The van der Waals surface area contributed by atoms with Gasteiger partial charge < -0.3 is 9.26 Å². The minimum absolute atomic E-state index is 0.270. The van der Waals surface area contributed by atoms with Gasteiger partial charge in [-0.3, -0.25) is 8.78 Å². The first-order chi connectivity index (χ1) is 11.2. The summed E-state index contributed by atoms with van der Waals surface area (Å²) in [6.45, 7) is 2.82. The van der Waals surface area contributed by atoms with E-state index >= 15 is 0 Å². The van der Waals surface area contributed by atoms with Gasteiger partial charge >= 0.3 is 0 Å². The van der Waals surface area contributed by atoms with E-state index in [2.05, 4.69) is 20.3 Å². The molecule has 2 aromatic heterocycles. The van der Waals surface area contributed by atoms with E-state index in [-0.39, 0.29) is 6.54 Å². The number of rotatable bonds is 6. The first-order valence-electron chi connectivity index (χ1n) is 6.94. The molecule has 120 valence electrons. The molecule has 0 saturated heterocycles. The molecule has 9 heteroatoms. The van der Waals surface area contributed by atoms with Crippen LogP contribution in [0.1, 0.15) is 12.8 Å². The predicted molar refractivity (Wildman–Crippen MR) is 82.4 cm³/mol. The second-order valence-electron chi connectivity index (χ2n) is 4.66. The number of aromatic nitrogens is 5. The summed E-state index contributed by atoms with van der Waals surface area (Å²) in [5, 5.41) is 11.9. The zero-order valence-electron chi connectivity index (χ0n) is 12.7. The minimum atomic E-state index is -1.23. The van der Waals surface area contributed by atoms with Gasteiger partial charge in [0.2, 0.25) is 16.9 Å². The Kier molecular flexibility index (Phi) is 4.47. The molecule has 2 heterocycles. The molecule has 0 bridgehead atoms. The molecule has 8 nitrogen and oxygen atoms in total. The molecule has 0 amide bonds. The third-order valence-electron chi connectivity index (χ3n) is 3.03. The van der Waals surface area contributed by atoms with Gasteiger partial charge in [0.25, 0.3) is 0 Å². The fourth-order valence-corrected chi connectivity index (χ4v) is 2.63.